The third-order valence-corrected chi connectivity index (χ3v) is 13.1. The summed E-state index contributed by atoms with van der Waals surface area (Å²) in [5.41, 5.74) is 0.562. The first-order valence-electron chi connectivity index (χ1n) is 13.7. The van der Waals surface area contributed by atoms with Crippen LogP contribution in [-0.2, 0) is 25.1 Å². The van der Waals surface area contributed by atoms with Gasteiger partial charge in [-0.1, -0.05) is 39.3 Å². The van der Waals surface area contributed by atoms with Crippen molar-refractivity contribution in [1.82, 2.24) is 0 Å². The lowest BCUT2D eigenvalue weighted by atomic mass is 9.34. The highest BCUT2D eigenvalue weighted by atomic mass is 32.2. The Morgan fingerprint density at radius 3 is 2.24 bits per heavy atom. The number of hydrogen-bond donors (Lipinski definition) is 3. The van der Waals surface area contributed by atoms with E-state index in [2.05, 4.69) is 27.7 Å². The molecular weight excluding hydrogens is 504 g/mol. The number of hydrogen-bond acceptors (Lipinski definition) is 6. The lowest BCUT2D eigenvalue weighted by molar-refractivity contribution is -0.179. The van der Waals surface area contributed by atoms with E-state index in [9.17, 15) is 28.0 Å². The summed E-state index contributed by atoms with van der Waals surface area (Å²) in [4.78, 5) is 12.9. The van der Waals surface area contributed by atoms with Crippen LogP contribution in [0.4, 0.5) is 0 Å². The van der Waals surface area contributed by atoms with E-state index in [1.54, 1.807) is 13.0 Å². The maximum atomic E-state index is 12.9. The number of fused-ring (bicyclic) bond motifs is 7. The van der Waals surface area contributed by atoms with Crippen LogP contribution in [0.15, 0.2) is 17.7 Å². The average Bonchev–Trinajstić information content (AvgIpc) is 2.84. The van der Waals surface area contributed by atoms with E-state index in [0.29, 0.717) is 11.1 Å². The Balaban J connectivity index is 1.72. The zero-order chi connectivity index (χ0) is 28.3. The fourth-order valence-electron chi connectivity index (χ4n) is 9.36. The molecule has 0 radical (unpaired) electrons. The third-order valence-electron chi connectivity index (χ3n) is 12.1. The van der Waals surface area contributed by atoms with Crippen LogP contribution in [0.3, 0.4) is 0 Å². The van der Waals surface area contributed by atoms with Gasteiger partial charge in [-0.3, -0.25) is 9.35 Å². The number of phenols is 2. The smallest absolute Gasteiger partial charge is 0.311 e. The summed E-state index contributed by atoms with van der Waals surface area (Å²) < 4.78 is 41.3. The summed E-state index contributed by atoms with van der Waals surface area (Å²) >= 11 is 0. The van der Waals surface area contributed by atoms with Crippen molar-refractivity contribution in [2.75, 3.05) is 7.11 Å². The minimum atomic E-state index is -4.55. The number of rotatable bonds is 2. The first kappa shape index (κ1) is 27.5. The molecule has 38 heavy (non-hydrogen) atoms. The molecule has 0 heterocycles. The van der Waals surface area contributed by atoms with Gasteiger partial charge in [0.25, 0.3) is 10.1 Å². The summed E-state index contributed by atoms with van der Waals surface area (Å²) in [5, 5.41) is 19.8. The molecule has 1 unspecified atom stereocenters. The molecule has 4 aliphatic carbocycles. The SMILES string of the molecule is COC(=O)[C@]1(C)CC[C@]2(C)CC[C@]3(C)C4=CC(S(=O)(=O)O)c5c(cc(O)c(O)c5C)[C@]4(C)CC[C@@]3(C)[C@@H]2C1. The lowest BCUT2D eigenvalue weighted by Crippen LogP contribution is -2.62. The summed E-state index contributed by atoms with van der Waals surface area (Å²) in [5.74, 6) is -0.590. The second kappa shape index (κ2) is 8.00. The highest BCUT2D eigenvalue weighted by molar-refractivity contribution is 7.86. The van der Waals surface area contributed by atoms with Crippen molar-refractivity contribution in [2.45, 2.75) is 97.2 Å². The minimum absolute atomic E-state index is 0.0613. The maximum absolute atomic E-state index is 12.9. The Kier molecular flexibility index (Phi) is 5.79. The van der Waals surface area contributed by atoms with Gasteiger partial charge in [-0.2, -0.15) is 8.42 Å². The van der Waals surface area contributed by atoms with E-state index in [0.717, 1.165) is 50.5 Å². The van der Waals surface area contributed by atoms with E-state index in [1.807, 2.05) is 6.92 Å². The number of phenolic OH excluding ortho intramolecular Hbond substituents is 2. The second-order valence-electron chi connectivity index (χ2n) is 13.9. The molecule has 0 aliphatic heterocycles. The Labute approximate surface area is 226 Å². The standard InChI is InChI=1S/C30H42O7S/c1-17-23-18(14-19(31)24(17)32)28(4)11-13-30(6)22-16-27(3,25(33)37-7)9-8-26(22,2)10-12-29(30,5)21(28)15-20(23)38(34,35)36/h14-15,20,22,31-32H,8-13,16H2,1-7H3,(H,34,35,36)/t20?,22-,26-,27-,28+,29-,30+/m1/s1. The van der Waals surface area contributed by atoms with Crippen molar-refractivity contribution in [3.63, 3.8) is 0 Å². The van der Waals surface area contributed by atoms with Gasteiger partial charge in [-0.25, -0.2) is 0 Å². The molecule has 3 saturated carbocycles. The number of benzene rings is 1. The van der Waals surface area contributed by atoms with Gasteiger partial charge >= 0.3 is 5.97 Å². The molecule has 7 atom stereocenters. The van der Waals surface area contributed by atoms with Gasteiger partial charge in [0, 0.05) is 5.41 Å². The van der Waals surface area contributed by atoms with Gasteiger partial charge in [0.05, 0.1) is 12.5 Å². The van der Waals surface area contributed by atoms with Crippen molar-refractivity contribution in [3.05, 3.63) is 34.4 Å². The molecule has 0 amide bonds. The fraction of sp³-hybridized carbons (Fsp3) is 0.700. The molecular formula is C30H42O7S. The highest BCUT2D eigenvalue weighted by Gasteiger charge is 2.67. The zero-order valence-corrected chi connectivity index (χ0v) is 24.5. The predicted molar refractivity (Wildman–Crippen MR) is 144 cm³/mol. The molecule has 0 saturated heterocycles. The van der Waals surface area contributed by atoms with Gasteiger partial charge in [-0.05, 0) is 104 Å². The molecule has 0 spiro atoms. The van der Waals surface area contributed by atoms with Crippen molar-refractivity contribution < 1.29 is 32.7 Å². The molecule has 5 rings (SSSR count). The third kappa shape index (κ3) is 3.34. The van der Waals surface area contributed by atoms with Gasteiger partial charge < -0.3 is 14.9 Å². The van der Waals surface area contributed by atoms with Crippen molar-refractivity contribution in [2.24, 2.45) is 27.6 Å². The Hall–Kier alpha value is -2.06. The summed E-state index contributed by atoms with van der Waals surface area (Å²) in [6, 6.07) is 1.50. The first-order valence-corrected chi connectivity index (χ1v) is 15.2. The number of methoxy groups -OCH3 is 1. The lowest BCUT2D eigenvalue weighted by Gasteiger charge is -2.70. The molecule has 0 bridgehead atoms. The molecule has 1 aromatic carbocycles. The van der Waals surface area contributed by atoms with Crippen LogP contribution >= 0.6 is 0 Å². The fourth-order valence-corrected chi connectivity index (χ4v) is 10.3. The van der Waals surface area contributed by atoms with Crippen molar-refractivity contribution in [1.29, 1.82) is 0 Å². The molecule has 1 aromatic rings. The Bertz CT molecular complexity index is 1360. The van der Waals surface area contributed by atoms with E-state index < -0.39 is 31.6 Å². The van der Waals surface area contributed by atoms with Gasteiger partial charge in [0.15, 0.2) is 11.5 Å². The van der Waals surface area contributed by atoms with Crippen LogP contribution in [0.2, 0.25) is 0 Å². The quantitative estimate of drug-likeness (QED) is 0.177. The van der Waals surface area contributed by atoms with Gasteiger partial charge in [-0.15, -0.1) is 0 Å². The monoisotopic (exact) mass is 546 g/mol. The molecule has 3 fully saturated rings. The molecule has 0 aromatic heterocycles. The molecule has 8 heteroatoms. The number of ether oxygens (including phenoxy) is 1. The topological polar surface area (TPSA) is 121 Å². The second-order valence-corrected chi connectivity index (χ2v) is 15.4. The summed E-state index contributed by atoms with van der Waals surface area (Å²) in [6.07, 6.45) is 7.60. The van der Waals surface area contributed by atoms with Crippen LogP contribution in [0, 0.1) is 34.5 Å². The number of carbonyl (C=O) groups is 1. The summed E-state index contributed by atoms with van der Waals surface area (Å²) in [7, 11) is -3.10. The minimum Gasteiger partial charge on any atom is -0.504 e. The molecule has 210 valence electrons. The zero-order valence-electron chi connectivity index (χ0n) is 23.6. The van der Waals surface area contributed by atoms with E-state index in [-0.39, 0.29) is 39.8 Å². The number of allylic oxidation sites excluding steroid dienone is 1. The number of carbonyl (C=O) groups excluding carboxylic acids is 1. The number of aromatic hydroxyl groups is 2. The predicted octanol–water partition coefficient (Wildman–Crippen LogP) is 6.12. The molecule has 7 nitrogen and oxygen atoms in total. The van der Waals surface area contributed by atoms with Gasteiger partial charge in [0.2, 0.25) is 0 Å². The largest absolute Gasteiger partial charge is 0.504 e. The van der Waals surface area contributed by atoms with Crippen LogP contribution in [-0.4, -0.2) is 36.3 Å². The van der Waals surface area contributed by atoms with Crippen molar-refractivity contribution in [3.8, 4) is 11.5 Å². The van der Waals surface area contributed by atoms with E-state index in [4.69, 9.17) is 4.74 Å². The average molecular weight is 547 g/mol. The van der Waals surface area contributed by atoms with E-state index in [1.165, 1.54) is 13.2 Å². The molecule has 3 N–H and O–H groups in total. The highest BCUT2D eigenvalue weighted by Crippen LogP contribution is 2.75. The summed E-state index contributed by atoms with van der Waals surface area (Å²) in [6.45, 7) is 12.6. The maximum Gasteiger partial charge on any atom is 0.311 e. The van der Waals surface area contributed by atoms with Crippen LogP contribution in [0.25, 0.3) is 0 Å². The number of esters is 1. The van der Waals surface area contributed by atoms with Crippen LogP contribution < -0.4 is 0 Å². The van der Waals surface area contributed by atoms with E-state index >= 15 is 0 Å². The van der Waals surface area contributed by atoms with Crippen LogP contribution in [0.1, 0.15) is 102 Å². The van der Waals surface area contributed by atoms with Gasteiger partial charge in [0.1, 0.15) is 5.25 Å². The Morgan fingerprint density at radius 2 is 1.63 bits per heavy atom. The first-order chi connectivity index (χ1) is 17.4. The normalized spacial score (nSPS) is 42.2. The van der Waals surface area contributed by atoms with Crippen molar-refractivity contribution >= 4 is 16.1 Å². The van der Waals surface area contributed by atoms with Crippen LogP contribution in [0.5, 0.6) is 11.5 Å². The Morgan fingerprint density at radius 1 is 1.00 bits per heavy atom. The molecule has 4 aliphatic rings.